The number of hydrogen-bond donors (Lipinski definition) is 0. The van der Waals surface area contributed by atoms with E-state index in [1.165, 1.54) is 5.01 Å². The zero-order valence-electron chi connectivity index (χ0n) is 8.79. The summed E-state index contributed by atoms with van der Waals surface area (Å²) in [5, 5.41) is 10.7. The molecule has 0 aliphatic rings. The van der Waals surface area contributed by atoms with Crippen molar-refractivity contribution in [3.05, 3.63) is 10.0 Å². The first-order valence-electron chi connectivity index (χ1n) is 5.20. The average Bonchev–Trinajstić information content (AvgIpc) is 2.65. The maximum absolute atomic E-state index is 5.63. The molecule has 0 unspecified atom stereocenters. The maximum atomic E-state index is 5.63. The number of rotatable bonds is 6. The molecule has 0 aromatic carbocycles. The third kappa shape index (κ3) is 3.21. The van der Waals surface area contributed by atoms with Gasteiger partial charge in [-0.1, -0.05) is 13.8 Å². The van der Waals surface area contributed by atoms with Crippen LogP contribution < -0.4 is 0 Å². The van der Waals surface area contributed by atoms with Crippen LogP contribution >= 0.6 is 22.9 Å². The van der Waals surface area contributed by atoms with Crippen LogP contribution in [-0.4, -0.2) is 16.1 Å². The standard InChI is InChI=1S/C10H17ClN2S/c1-3-8(4-2)10-13-12-9(14-10)6-5-7-11/h8H,3-7H2,1-2H3. The summed E-state index contributed by atoms with van der Waals surface area (Å²) in [4.78, 5) is 0. The van der Waals surface area contributed by atoms with E-state index in [-0.39, 0.29) is 0 Å². The van der Waals surface area contributed by atoms with Crippen molar-refractivity contribution in [1.82, 2.24) is 10.2 Å². The molecule has 0 saturated heterocycles. The molecule has 0 atom stereocenters. The quantitative estimate of drug-likeness (QED) is 0.701. The lowest BCUT2D eigenvalue weighted by atomic mass is 10.1. The Morgan fingerprint density at radius 1 is 1.29 bits per heavy atom. The number of hydrogen-bond acceptors (Lipinski definition) is 3. The van der Waals surface area contributed by atoms with Crippen molar-refractivity contribution in [3.63, 3.8) is 0 Å². The van der Waals surface area contributed by atoms with Gasteiger partial charge in [-0.15, -0.1) is 33.1 Å². The minimum atomic E-state index is 0.595. The van der Waals surface area contributed by atoms with Crippen LogP contribution in [0.15, 0.2) is 0 Å². The van der Waals surface area contributed by atoms with Gasteiger partial charge >= 0.3 is 0 Å². The molecule has 1 heterocycles. The zero-order chi connectivity index (χ0) is 10.4. The van der Waals surface area contributed by atoms with Gasteiger partial charge in [-0.05, 0) is 19.3 Å². The van der Waals surface area contributed by atoms with E-state index in [1.54, 1.807) is 11.3 Å². The summed E-state index contributed by atoms with van der Waals surface area (Å²) in [5.41, 5.74) is 0. The van der Waals surface area contributed by atoms with E-state index in [1.807, 2.05) is 0 Å². The Morgan fingerprint density at radius 3 is 2.57 bits per heavy atom. The lowest BCUT2D eigenvalue weighted by Gasteiger charge is -2.05. The summed E-state index contributed by atoms with van der Waals surface area (Å²) in [6.45, 7) is 4.40. The lowest BCUT2D eigenvalue weighted by molar-refractivity contribution is 0.629. The Labute approximate surface area is 94.7 Å². The molecule has 0 radical (unpaired) electrons. The van der Waals surface area contributed by atoms with Crippen molar-refractivity contribution >= 4 is 22.9 Å². The highest BCUT2D eigenvalue weighted by molar-refractivity contribution is 7.11. The SMILES string of the molecule is CCC(CC)c1nnc(CCCCl)s1. The van der Waals surface area contributed by atoms with Crippen LogP contribution in [0.4, 0.5) is 0 Å². The van der Waals surface area contributed by atoms with Gasteiger partial charge in [-0.3, -0.25) is 0 Å². The highest BCUT2D eigenvalue weighted by atomic mass is 35.5. The largest absolute Gasteiger partial charge is 0.144 e. The van der Waals surface area contributed by atoms with Crippen LogP contribution in [0, 0.1) is 0 Å². The maximum Gasteiger partial charge on any atom is 0.120 e. The molecule has 1 aromatic heterocycles. The monoisotopic (exact) mass is 232 g/mol. The summed E-state index contributed by atoms with van der Waals surface area (Å²) in [6.07, 6.45) is 4.28. The van der Waals surface area contributed by atoms with E-state index in [2.05, 4.69) is 24.0 Å². The highest BCUT2D eigenvalue weighted by Gasteiger charge is 2.12. The normalized spacial score (nSPS) is 11.1. The molecule has 0 spiro atoms. The predicted octanol–water partition coefficient (Wildman–Crippen LogP) is 3.61. The van der Waals surface area contributed by atoms with Crippen molar-refractivity contribution in [1.29, 1.82) is 0 Å². The summed E-state index contributed by atoms with van der Waals surface area (Å²) < 4.78 is 0. The van der Waals surface area contributed by atoms with Crippen LogP contribution in [0.25, 0.3) is 0 Å². The molecular weight excluding hydrogens is 216 g/mol. The molecule has 80 valence electrons. The number of nitrogens with zero attached hydrogens (tertiary/aromatic N) is 2. The predicted molar refractivity (Wildman–Crippen MR) is 62.3 cm³/mol. The van der Waals surface area contributed by atoms with Crippen molar-refractivity contribution in [3.8, 4) is 0 Å². The molecule has 0 bridgehead atoms. The highest BCUT2D eigenvalue weighted by Crippen LogP contribution is 2.26. The fraction of sp³-hybridized carbons (Fsp3) is 0.800. The molecule has 0 aliphatic heterocycles. The van der Waals surface area contributed by atoms with Crippen molar-refractivity contribution < 1.29 is 0 Å². The van der Waals surface area contributed by atoms with Crippen LogP contribution in [-0.2, 0) is 6.42 Å². The third-order valence-electron chi connectivity index (χ3n) is 2.34. The van der Waals surface area contributed by atoms with E-state index < -0.39 is 0 Å². The first kappa shape index (κ1) is 11.9. The number of halogens is 1. The Hall–Kier alpha value is -0.150. The molecule has 0 N–H and O–H groups in total. The molecule has 1 aromatic rings. The fourth-order valence-corrected chi connectivity index (χ4v) is 2.67. The second-order valence-electron chi connectivity index (χ2n) is 3.34. The van der Waals surface area contributed by atoms with Crippen LogP contribution in [0.5, 0.6) is 0 Å². The van der Waals surface area contributed by atoms with E-state index in [0.717, 1.165) is 30.7 Å². The summed E-state index contributed by atoms with van der Waals surface area (Å²) in [6, 6.07) is 0. The number of aryl methyl sites for hydroxylation is 1. The summed E-state index contributed by atoms with van der Waals surface area (Å²) >= 11 is 7.38. The second kappa shape index (κ2) is 6.36. The van der Waals surface area contributed by atoms with Crippen LogP contribution in [0.2, 0.25) is 0 Å². The molecule has 1 rings (SSSR count). The van der Waals surface area contributed by atoms with Gasteiger partial charge in [-0.2, -0.15) is 0 Å². The van der Waals surface area contributed by atoms with Gasteiger partial charge < -0.3 is 0 Å². The zero-order valence-corrected chi connectivity index (χ0v) is 10.4. The van der Waals surface area contributed by atoms with E-state index in [9.17, 15) is 0 Å². The van der Waals surface area contributed by atoms with Crippen molar-refractivity contribution in [2.45, 2.75) is 45.4 Å². The molecule has 0 amide bonds. The van der Waals surface area contributed by atoms with Gasteiger partial charge in [0.2, 0.25) is 0 Å². The number of alkyl halides is 1. The van der Waals surface area contributed by atoms with E-state index >= 15 is 0 Å². The molecule has 0 fully saturated rings. The Balaban J connectivity index is 2.57. The van der Waals surface area contributed by atoms with Gasteiger partial charge in [0, 0.05) is 18.2 Å². The van der Waals surface area contributed by atoms with Crippen LogP contribution in [0.3, 0.4) is 0 Å². The summed E-state index contributed by atoms with van der Waals surface area (Å²) in [7, 11) is 0. The molecule has 0 saturated carbocycles. The summed E-state index contributed by atoms with van der Waals surface area (Å²) in [5.74, 6) is 1.30. The smallest absolute Gasteiger partial charge is 0.120 e. The first-order valence-corrected chi connectivity index (χ1v) is 6.55. The number of aromatic nitrogens is 2. The fourth-order valence-electron chi connectivity index (χ4n) is 1.39. The first-order chi connectivity index (χ1) is 6.81. The topological polar surface area (TPSA) is 25.8 Å². The van der Waals surface area contributed by atoms with Gasteiger partial charge in [0.25, 0.3) is 0 Å². The lowest BCUT2D eigenvalue weighted by Crippen LogP contribution is -1.93. The van der Waals surface area contributed by atoms with Crippen molar-refractivity contribution in [2.24, 2.45) is 0 Å². The molecule has 0 aliphatic carbocycles. The third-order valence-corrected chi connectivity index (χ3v) is 3.75. The van der Waals surface area contributed by atoms with E-state index in [4.69, 9.17) is 11.6 Å². The van der Waals surface area contributed by atoms with Crippen LogP contribution in [0.1, 0.15) is 49.0 Å². The molecule has 4 heteroatoms. The molecule has 14 heavy (non-hydrogen) atoms. The van der Waals surface area contributed by atoms with Gasteiger partial charge in [0.15, 0.2) is 0 Å². The Kier molecular flexibility index (Phi) is 5.41. The van der Waals surface area contributed by atoms with Gasteiger partial charge in [0.1, 0.15) is 10.0 Å². The minimum Gasteiger partial charge on any atom is -0.144 e. The van der Waals surface area contributed by atoms with E-state index in [0.29, 0.717) is 11.8 Å². The minimum absolute atomic E-state index is 0.595. The Bertz CT molecular complexity index is 258. The van der Waals surface area contributed by atoms with Crippen molar-refractivity contribution in [2.75, 3.05) is 5.88 Å². The Morgan fingerprint density at radius 2 is 2.00 bits per heavy atom. The van der Waals surface area contributed by atoms with Gasteiger partial charge in [0.05, 0.1) is 0 Å². The second-order valence-corrected chi connectivity index (χ2v) is 4.81. The molecule has 2 nitrogen and oxygen atoms in total. The van der Waals surface area contributed by atoms with Gasteiger partial charge in [-0.25, -0.2) is 0 Å². The average molecular weight is 233 g/mol. The molecular formula is C10H17ClN2S.